The standard InChI is InChI=1S/C16H15BrN4O2S/c17-13-9-19-21(10-13)14-6-8-20(11-14)24(22,23)15-5-1-3-12-4-2-7-18-16(12)15/h1-5,7,9-10,14H,6,8,11H2. The van der Waals surface area contributed by atoms with E-state index in [0.29, 0.717) is 18.6 Å². The minimum atomic E-state index is -3.58. The Hall–Kier alpha value is -1.77. The van der Waals surface area contributed by atoms with Gasteiger partial charge in [0, 0.05) is 30.9 Å². The van der Waals surface area contributed by atoms with Gasteiger partial charge in [-0.25, -0.2) is 8.42 Å². The van der Waals surface area contributed by atoms with Crippen molar-refractivity contribution >= 4 is 36.9 Å². The molecule has 4 rings (SSSR count). The lowest BCUT2D eigenvalue weighted by atomic mass is 10.2. The Labute approximate surface area is 148 Å². The minimum Gasteiger partial charge on any atom is -0.267 e. The molecule has 8 heteroatoms. The molecule has 6 nitrogen and oxygen atoms in total. The van der Waals surface area contributed by atoms with Crippen molar-refractivity contribution in [3.8, 4) is 0 Å². The summed E-state index contributed by atoms with van der Waals surface area (Å²) in [5.41, 5.74) is 0.519. The highest BCUT2D eigenvalue weighted by Crippen LogP contribution is 2.30. The Morgan fingerprint density at radius 2 is 2.04 bits per heavy atom. The van der Waals surface area contributed by atoms with Crippen LogP contribution in [0.3, 0.4) is 0 Å². The van der Waals surface area contributed by atoms with Gasteiger partial charge in [0.2, 0.25) is 10.0 Å². The normalized spacial score (nSPS) is 19.1. The van der Waals surface area contributed by atoms with Gasteiger partial charge in [0.25, 0.3) is 0 Å². The van der Waals surface area contributed by atoms with Crippen molar-refractivity contribution in [2.75, 3.05) is 13.1 Å². The number of hydrogen-bond donors (Lipinski definition) is 0. The molecule has 2 aromatic heterocycles. The van der Waals surface area contributed by atoms with E-state index in [4.69, 9.17) is 0 Å². The SMILES string of the molecule is O=S(=O)(c1cccc2cccnc12)N1CCC(n2cc(Br)cn2)C1. The van der Waals surface area contributed by atoms with Crippen molar-refractivity contribution in [2.45, 2.75) is 17.4 Å². The summed E-state index contributed by atoms with van der Waals surface area (Å²) in [6.07, 6.45) is 5.95. The van der Waals surface area contributed by atoms with E-state index < -0.39 is 10.0 Å². The third kappa shape index (κ3) is 2.64. The van der Waals surface area contributed by atoms with Crippen molar-refractivity contribution in [1.82, 2.24) is 19.1 Å². The summed E-state index contributed by atoms with van der Waals surface area (Å²) in [7, 11) is -3.58. The Balaban J connectivity index is 1.68. The van der Waals surface area contributed by atoms with Crippen molar-refractivity contribution in [2.24, 2.45) is 0 Å². The van der Waals surface area contributed by atoms with Gasteiger partial charge in [-0.2, -0.15) is 9.40 Å². The van der Waals surface area contributed by atoms with Crippen LogP contribution < -0.4 is 0 Å². The first kappa shape index (κ1) is 15.7. The lowest BCUT2D eigenvalue weighted by molar-refractivity contribution is 0.435. The summed E-state index contributed by atoms with van der Waals surface area (Å²) in [6, 6.07) is 8.98. The first-order valence-electron chi connectivity index (χ1n) is 7.59. The molecule has 24 heavy (non-hydrogen) atoms. The maximum Gasteiger partial charge on any atom is 0.245 e. The molecule has 3 aromatic rings. The Morgan fingerprint density at radius 1 is 1.21 bits per heavy atom. The molecule has 1 aliphatic heterocycles. The second-order valence-corrected chi connectivity index (χ2v) is 8.60. The van der Waals surface area contributed by atoms with Crippen LogP contribution in [0.25, 0.3) is 10.9 Å². The molecule has 0 aliphatic carbocycles. The lowest BCUT2D eigenvalue weighted by Gasteiger charge is -2.17. The van der Waals surface area contributed by atoms with Crippen LogP contribution in [-0.4, -0.2) is 40.6 Å². The van der Waals surface area contributed by atoms with E-state index in [1.807, 2.05) is 23.0 Å². The number of aromatic nitrogens is 3. The highest BCUT2D eigenvalue weighted by Gasteiger charge is 2.34. The van der Waals surface area contributed by atoms with Gasteiger partial charge in [0.05, 0.1) is 22.2 Å². The predicted molar refractivity (Wildman–Crippen MR) is 94.1 cm³/mol. The summed E-state index contributed by atoms with van der Waals surface area (Å²) in [5, 5.41) is 5.10. The summed E-state index contributed by atoms with van der Waals surface area (Å²) < 4.78 is 30.4. The summed E-state index contributed by atoms with van der Waals surface area (Å²) in [6.45, 7) is 0.896. The summed E-state index contributed by atoms with van der Waals surface area (Å²) in [5.74, 6) is 0. The van der Waals surface area contributed by atoms with Crippen LogP contribution in [0.4, 0.5) is 0 Å². The molecule has 1 aromatic carbocycles. The highest BCUT2D eigenvalue weighted by atomic mass is 79.9. The molecule has 1 atom stereocenters. The number of hydrogen-bond acceptors (Lipinski definition) is 4. The third-order valence-electron chi connectivity index (χ3n) is 4.28. The van der Waals surface area contributed by atoms with Crippen LogP contribution in [0.15, 0.2) is 58.3 Å². The van der Waals surface area contributed by atoms with Crippen molar-refractivity contribution < 1.29 is 8.42 Å². The van der Waals surface area contributed by atoms with Crippen molar-refractivity contribution in [3.63, 3.8) is 0 Å². The van der Waals surface area contributed by atoms with E-state index in [2.05, 4.69) is 26.0 Å². The zero-order valence-corrected chi connectivity index (χ0v) is 15.1. The van der Waals surface area contributed by atoms with E-state index in [1.54, 1.807) is 30.6 Å². The summed E-state index contributed by atoms with van der Waals surface area (Å²) in [4.78, 5) is 4.54. The first-order chi connectivity index (χ1) is 11.6. The zero-order chi connectivity index (χ0) is 16.7. The van der Waals surface area contributed by atoms with Crippen molar-refractivity contribution in [1.29, 1.82) is 0 Å². The fraction of sp³-hybridized carbons (Fsp3) is 0.250. The number of nitrogens with zero attached hydrogens (tertiary/aromatic N) is 4. The average Bonchev–Trinajstić information content (AvgIpc) is 3.23. The second-order valence-electron chi connectivity index (χ2n) is 5.78. The van der Waals surface area contributed by atoms with E-state index in [-0.39, 0.29) is 10.9 Å². The quantitative estimate of drug-likeness (QED) is 0.670. The van der Waals surface area contributed by atoms with Crippen LogP contribution in [0.5, 0.6) is 0 Å². The van der Waals surface area contributed by atoms with E-state index >= 15 is 0 Å². The van der Waals surface area contributed by atoms with Crippen molar-refractivity contribution in [3.05, 3.63) is 53.4 Å². The molecule has 124 valence electrons. The number of para-hydroxylation sites is 1. The maximum absolute atomic E-state index is 13.1. The van der Waals surface area contributed by atoms with Gasteiger partial charge >= 0.3 is 0 Å². The number of rotatable bonds is 3. The van der Waals surface area contributed by atoms with Crippen LogP contribution in [0.2, 0.25) is 0 Å². The maximum atomic E-state index is 13.1. The Morgan fingerprint density at radius 3 is 2.83 bits per heavy atom. The fourth-order valence-corrected chi connectivity index (χ4v) is 5.04. The molecule has 1 unspecified atom stereocenters. The van der Waals surface area contributed by atoms with Gasteiger partial charge < -0.3 is 0 Å². The van der Waals surface area contributed by atoms with Gasteiger partial charge in [-0.3, -0.25) is 9.67 Å². The summed E-state index contributed by atoms with van der Waals surface area (Å²) >= 11 is 3.37. The number of benzene rings is 1. The largest absolute Gasteiger partial charge is 0.267 e. The van der Waals surface area contributed by atoms with Crippen LogP contribution in [0.1, 0.15) is 12.5 Å². The highest BCUT2D eigenvalue weighted by molar-refractivity contribution is 9.10. The molecule has 1 saturated heterocycles. The fourth-order valence-electron chi connectivity index (χ4n) is 3.08. The number of sulfonamides is 1. The smallest absolute Gasteiger partial charge is 0.245 e. The van der Waals surface area contributed by atoms with Gasteiger partial charge in [-0.15, -0.1) is 0 Å². The average molecular weight is 407 g/mol. The topological polar surface area (TPSA) is 68.1 Å². The van der Waals surface area contributed by atoms with Crippen LogP contribution >= 0.6 is 15.9 Å². The second kappa shape index (κ2) is 5.94. The molecule has 0 amide bonds. The molecule has 1 aliphatic rings. The van der Waals surface area contributed by atoms with E-state index in [0.717, 1.165) is 16.3 Å². The molecular weight excluding hydrogens is 392 g/mol. The minimum absolute atomic E-state index is 0.0500. The van der Waals surface area contributed by atoms with E-state index in [9.17, 15) is 8.42 Å². The van der Waals surface area contributed by atoms with Gasteiger partial charge in [0.15, 0.2) is 0 Å². The Bertz CT molecular complexity index is 997. The molecule has 0 N–H and O–H groups in total. The predicted octanol–water partition coefficient (Wildman–Crippen LogP) is 2.83. The number of pyridine rings is 1. The molecule has 3 heterocycles. The number of halogens is 1. The zero-order valence-electron chi connectivity index (χ0n) is 12.7. The molecule has 0 bridgehead atoms. The Kier molecular flexibility index (Phi) is 3.90. The van der Waals surface area contributed by atoms with Crippen LogP contribution in [-0.2, 0) is 10.0 Å². The molecule has 0 radical (unpaired) electrons. The first-order valence-corrected chi connectivity index (χ1v) is 9.82. The third-order valence-corrected chi connectivity index (χ3v) is 6.59. The van der Waals surface area contributed by atoms with E-state index in [1.165, 1.54) is 4.31 Å². The lowest BCUT2D eigenvalue weighted by Crippen LogP contribution is -2.29. The number of fused-ring (bicyclic) bond motifs is 1. The van der Waals surface area contributed by atoms with Gasteiger partial charge in [-0.05, 0) is 34.5 Å². The van der Waals surface area contributed by atoms with Gasteiger partial charge in [0.1, 0.15) is 4.90 Å². The van der Waals surface area contributed by atoms with Crippen LogP contribution in [0, 0.1) is 0 Å². The van der Waals surface area contributed by atoms with Gasteiger partial charge in [-0.1, -0.05) is 18.2 Å². The molecule has 1 fully saturated rings. The molecule has 0 saturated carbocycles. The molecule has 0 spiro atoms. The monoisotopic (exact) mass is 406 g/mol. The molecular formula is C16H15BrN4O2S.